The van der Waals surface area contributed by atoms with E-state index in [9.17, 15) is 0 Å². The topological polar surface area (TPSA) is 28.2 Å². The van der Waals surface area contributed by atoms with Crippen molar-refractivity contribution in [1.29, 1.82) is 0 Å². The summed E-state index contributed by atoms with van der Waals surface area (Å²) in [6, 6.07) is 2.68. The van der Waals surface area contributed by atoms with Crippen molar-refractivity contribution in [1.82, 2.24) is 10.3 Å². The molecule has 0 unspecified atom stereocenters. The average Bonchev–Trinajstić information content (AvgIpc) is 2.46. The molecule has 0 atom stereocenters. The maximum absolute atomic E-state index is 6.27. The number of hydrogen-bond donors (Lipinski definition) is 1. The Kier molecular flexibility index (Phi) is 8.05. The van der Waals surface area contributed by atoms with Gasteiger partial charge in [-0.2, -0.15) is 0 Å². The minimum Gasteiger partial charge on any atom is -0.353 e. The fourth-order valence-corrected chi connectivity index (χ4v) is 2.74. The van der Waals surface area contributed by atoms with Gasteiger partial charge in [-0.05, 0) is 36.9 Å². The van der Waals surface area contributed by atoms with Crippen LogP contribution in [0.4, 0.5) is 5.82 Å². The highest BCUT2D eigenvalue weighted by Gasteiger charge is 2.19. The Morgan fingerprint density at radius 3 is 2.43 bits per heavy atom. The van der Waals surface area contributed by atoms with Crippen molar-refractivity contribution >= 4 is 17.4 Å². The van der Waals surface area contributed by atoms with E-state index in [4.69, 9.17) is 11.6 Å². The minimum absolute atomic E-state index is 0.535. The van der Waals surface area contributed by atoms with Crippen molar-refractivity contribution < 1.29 is 0 Å². The van der Waals surface area contributed by atoms with Crippen LogP contribution in [0.15, 0.2) is 12.3 Å². The third-order valence-electron chi connectivity index (χ3n) is 3.73. The van der Waals surface area contributed by atoms with Crippen LogP contribution in [0.5, 0.6) is 0 Å². The third kappa shape index (κ3) is 5.48. The molecule has 1 aromatic heterocycles. The highest BCUT2D eigenvalue weighted by atomic mass is 35.5. The van der Waals surface area contributed by atoms with E-state index in [1.807, 2.05) is 0 Å². The fraction of sp³-hybridized carbons (Fsp3) is 0.706. The molecule has 0 aliphatic heterocycles. The summed E-state index contributed by atoms with van der Waals surface area (Å²) < 4.78 is 0. The number of aromatic nitrogens is 1. The van der Waals surface area contributed by atoms with E-state index in [1.54, 1.807) is 6.20 Å². The van der Waals surface area contributed by atoms with Crippen LogP contribution in [0.3, 0.4) is 0 Å². The predicted molar refractivity (Wildman–Crippen MR) is 93.2 cm³/mol. The summed E-state index contributed by atoms with van der Waals surface area (Å²) in [6.07, 6.45) is 4.06. The second-order valence-electron chi connectivity index (χ2n) is 5.93. The number of pyridine rings is 1. The van der Waals surface area contributed by atoms with Gasteiger partial charge in [-0.1, -0.05) is 46.2 Å². The molecule has 0 radical (unpaired) electrons. The normalized spacial score (nSPS) is 11.4. The van der Waals surface area contributed by atoms with E-state index in [1.165, 1.54) is 0 Å². The first-order valence-corrected chi connectivity index (χ1v) is 8.52. The minimum atomic E-state index is 0.535. The molecule has 1 aromatic rings. The Bertz CT molecular complexity index is 416. The Balaban J connectivity index is 3.05. The van der Waals surface area contributed by atoms with Gasteiger partial charge in [-0.15, -0.1) is 0 Å². The summed E-state index contributed by atoms with van der Waals surface area (Å²) in [7, 11) is 0. The third-order valence-corrected chi connectivity index (χ3v) is 4.07. The van der Waals surface area contributed by atoms with Crippen molar-refractivity contribution in [2.24, 2.45) is 5.92 Å². The molecule has 0 aliphatic rings. The van der Waals surface area contributed by atoms with Crippen molar-refractivity contribution in [2.45, 2.75) is 60.0 Å². The molecule has 0 amide bonds. The van der Waals surface area contributed by atoms with Gasteiger partial charge >= 0.3 is 0 Å². The summed E-state index contributed by atoms with van der Waals surface area (Å²) in [5.41, 5.74) is 1.13. The van der Waals surface area contributed by atoms with E-state index in [0.29, 0.717) is 12.0 Å². The molecule has 0 saturated carbocycles. The SMILES string of the molecule is CCNCc1cc(N(CC(C)C)C(CC)CC)ncc1Cl. The average molecular weight is 312 g/mol. The van der Waals surface area contributed by atoms with Crippen LogP contribution in [-0.4, -0.2) is 24.1 Å². The van der Waals surface area contributed by atoms with Crippen molar-refractivity contribution in [3.63, 3.8) is 0 Å². The molecule has 1 rings (SSSR count). The van der Waals surface area contributed by atoms with Gasteiger partial charge < -0.3 is 10.2 Å². The summed E-state index contributed by atoms with van der Waals surface area (Å²) >= 11 is 6.27. The largest absolute Gasteiger partial charge is 0.353 e. The van der Waals surface area contributed by atoms with Crippen molar-refractivity contribution in [3.05, 3.63) is 22.8 Å². The first kappa shape index (κ1) is 18.2. The second-order valence-corrected chi connectivity index (χ2v) is 6.34. The van der Waals surface area contributed by atoms with Crippen LogP contribution in [0.1, 0.15) is 53.0 Å². The van der Waals surface area contributed by atoms with Crippen LogP contribution in [0.25, 0.3) is 0 Å². The molecule has 0 bridgehead atoms. The molecule has 0 saturated heterocycles. The van der Waals surface area contributed by atoms with Crippen LogP contribution < -0.4 is 10.2 Å². The maximum Gasteiger partial charge on any atom is 0.129 e. The molecule has 1 N–H and O–H groups in total. The van der Waals surface area contributed by atoms with Gasteiger partial charge in [0.25, 0.3) is 0 Å². The maximum atomic E-state index is 6.27. The number of rotatable bonds is 9. The van der Waals surface area contributed by atoms with E-state index in [-0.39, 0.29) is 0 Å². The molecule has 0 aliphatic carbocycles. The summed E-state index contributed by atoms with van der Waals surface area (Å²) in [6.45, 7) is 13.9. The number of nitrogens with one attached hydrogen (secondary N) is 1. The highest BCUT2D eigenvalue weighted by Crippen LogP contribution is 2.24. The molecule has 4 heteroatoms. The molecular formula is C17H30ClN3. The Labute approximate surface area is 135 Å². The first-order chi connectivity index (χ1) is 10.0. The van der Waals surface area contributed by atoms with Gasteiger partial charge in [0, 0.05) is 25.3 Å². The molecule has 21 heavy (non-hydrogen) atoms. The van der Waals surface area contributed by atoms with Crippen LogP contribution in [-0.2, 0) is 6.54 Å². The lowest BCUT2D eigenvalue weighted by molar-refractivity contribution is 0.503. The van der Waals surface area contributed by atoms with Crippen LogP contribution in [0, 0.1) is 5.92 Å². The number of hydrogen-bond acceptors (Lipinski definition) is 3. The smallest absolute Gasteiger partial charge is 0.129 e. The van der Waals surface area contributed by atoms with E-state index < -0.39 is 0 Å². The number of halogens is 1. The molecule has 0 spiro atoms. The van der Waals surface area contributed by atoms with E-state index in [0.717, 1.165) is 48.9 Å². The standard InChI is InChI=1S/C17H30ClN3/c1-6-15(7-2)21(12-13(4)5)17-9-14(10-19-8-3)16(18)11-20-17/h9,11,13,15,19H,6-8,10,12H2,1-5H3. The monoisotopic (exact) mass is 311 g/mol. The summed E-state index contributed by atoms with van der Waals surface area (Å²) in [5.74, 6) is 1.66. The zero-order chi connectivity index (χ0) is 15.8. The predicted octanol–water partition coefficient (Wildman–Crippen LogP) is 4.50. The van der Waals surface area contributed by atoms with E-state index >= 15 is 0 Å². The van der Waals surface area contributed by atoms with Gasteiger partial charge in [-0.25, -0.2) is 4.98 Å². The molecule has 1 heterocycles. The zero-order valence-corrected chi connectivity index (χ0v) is 14.9. The Morgan fingerprint density at radius 1 is 1.24 bits per heavy atom. The van der Waals surface area contributed by atoms with Crippen molar-refractivity contribution in [2.75, 3.05) is 18.0 Å². The zero-order valence-electron chi connectivity index (χ0n) is 14.1. The lowest BCUT2D eigenvalue weighted by Gasteiger charge is -2.33. The molecule has 0 fully saturated rings. The van der Waals surface area contributed by atoms with Gasteiger partial charge in [0.15, 0.2) is 0 Å². The highest BCUT2D eigenvalue weighted by molar-refractivity contribution is 6.31. The van der Waals surface area contributed by atoms with Crippen LogP contribution in [0.2, 0.25) is 5.02 Å². The van der Waals surface area contributed by atoms with Gasteiger partial charge in [0.2, 0.25) is 0 Å². The van der Waals surface area contributed by atoms with Crippen LogP contribution >= 0.6 is 11.6 Å². The molecule has 3 nitrogen and oxygen atoms in total. The lowest BCUT2D eigenvalue weighted by Crippen LogP contribution is -2.38. The molecular weight excluding hydrogens is 282 g/mol. The second kappa shape index (κ2) is 9.26. The summed E-state index contributed by atoms with van der Waals surface area (Å²) in [5, 5.41) is 4.08. The number of anilines is 1. The lowest BCUT2D eigenvalue weighted by atomic mass is 10.1. The molecule has 0 aromatic carbocycles. The Morgan fingerprint density at radius 2 is 1.90 bits per heavy atom. The molecule has 120 valence electrons. The first-order valence-electron chi connectivity index (χ1n) is 8.15. The van der Waals surface area contributed by atoms with Crippen molar-refractivity contribution in [3.8, 4) is 0 Å². The number of nitrogens with zero attached hydrogens (tertiary/aromatic N) is 2. The quantitative estimate of drug-likeness (QED) is 0.728. The summed E-state index contributed by atoms with van der Waals surface area (Å²) in [4.78, 5) is 7.02. The van der Waals surface area contributed by atoms with Gasteiger partial charge in [-0.3, -0.25) is 0 Å². The van der Waals surface area contributed by atoms with Gasteiger partial charge in [0.05, 0.1) is 5.02 Å². The Hall–Kier alpha value is -0.800. The van der Waals surface area contributed by atoms with E-state index in [2.05, 4.69) is 55.9 Å². The van der Waals surface area contributed by atoms with Gasteiger partial charge in [0.1, 0.15) is 5.82 Å². The fourth-order valence-electron chi connectivity index (χ4n) is 2.57.